The van der Waals surface area contributed by atoms with E-state index in [-0.39, 0.29) is 0 Å². The monoisotopic (exact) mass is 292 g/mol. The van der Waals surface area contributed by atoms with E-state index >= 15 is 0 Å². The summed E-state index contributed by atoms with van der Waals surface area (Å²) in [7, 11) is 2.12. The Kier molecular flexibility index (Phi) is 2.72. The second-order valence-corrected chi connectivity index (χ2v) is 5.19. The predicted molar refractivity (Wildman–Crippen MR) is 72.3 cm³/mol. The highest BCUT2D eigenvalue weighted by Gasteiger charge is 2.23. The van der Waals surface area contributed by atoms with Gasteiger partial charge in [0, 0.05) is 37.0 Å². The Hall–Kier alpha value is -1.20. The largest absolute Gasteiger partial charge is 0.367 e. The summed E-state index contributed by atoms with van der Waals surface area (Å²) >= 11 is 3.42. The minimum Gasteiger partial charge on any atom is -0.367 e. The fraction of sp³-hybridized carbons (Fsp3) is 0.333. The number of nitrogens with zero attached hydrogens (tertiary/aromatic N) is 3. The van der Waals surface area contributed by atoms with Gasteiger partial charge in [0.15, 0.2) is 0 Å². The molecule has 0 aromatic carbocycles. The third-order valence-electron chi connectivity index (χ3n) is 3.21. The van der Waals surface area contributed by atoms with E-state index in [4.69, 9.17) is 0 Å². The maximum absolute atomic E-state index is 4.47. The number of anilines is 1. The van der Waals surface area contributed by atoms with Crippen LogP contribution in [0.1, 0.15) is 0 Å². The van der Waals surface area contributed by atoms with Gasteiger partial charge in [-0.15, -0.1) is 0 Å². The number of hydrogen-bond donors (Lipinski definition) is 1. The zero-order valence-electron chi connectivity index (χ0n) is 9.52. The van der Waals surface area contributed by atoms with E-state index in [1.807, 2.05) is 24.5 Å². The summed E-state index contributed by atoms with van der Waals surface area (Å²) in [5.74, 6) is 0. The van der Waals surface area contributed by atoms with Crippen molar-refractivity contribution < 1.29 is 0 Å². The fourth-order valence-corrected chi connectivity index (χ4v) is 2.34. The Balaban J connectivity index is 2.09. The molecule has 0 bridgehead atoms. The summed E-state index contributed by atoms with van der Waals surface area (Å²) < 4.78 is 0.961. The molecule has 5 heteroatoms. The van der Waals surface area contributed by atoms with Crippen LogP contribution in [0.25, 0.3) is 11.0 Å². The van der Waals surface area contributed by atoms with Crippen LogP contribution in [0, 0.1) is 0 Å². The van der Waals surface area contributed by atoms with E-state index in [9.17, 15) is 0 Å². The Morgan fingerprint density at radius 2 is 2.24 bits per heavy atom. The van der Waals surface area contributed by atoms with E-state index in [0.29, 0.717) is 6.04 Å². The Morgan fingerprint density at radius 1 is 1.41 bits per heavy atom. The molecule has 4 nitrogen and oxygen atoms in total. The lowest BCUT2D eigenvalue weighted by atomic mass is 10.1. The van der Waals surface area contributed by atoms with Crippen LogP contribution in [0.2, 0.25) is 0 Å². The molecule has 3 heterocycles. The first kappa shape index (κ1) is 10.9. The molecule has 1 aliphatic heterocycles. The molecule has 2 aromatic heterocycles. The molecule has 0 saturated carbocycles. The van der Waals surface area contributed by atoms with Gasteiger partial charge in [0.05, 0.1) is 17.2 Å². The number of rotatable bonds is 2. The van der Waals surface area contributed by atoms with Gasteiger partial charge in [0.2, 0.25) is 0 Å². The molecule has 0 atom stereocenters. The smallest absolute Gasteiger partial charge is 0.112 e. The summed E-state index contributed by atoms with van der Waals surface area (Å²) in [6.45, 7) is 2.08. The molecule has 0 unspecified atom stereocenters. The maximum Gasteiger partial charge on any atom is 0.112 e. The highest BCUT2D eigenvalue weighted by molar-refractivity contribution is 9.10. The van der Waals surface area contributed by atoms with Crippen molar-refractivity contribution in [1.82, 2.24) is 15.3 Å². The van der Waals surface area contributed by atoms with Crippen LogP contribution in [0.15, 0.2) is 29.0 Å². The van der Waals surface area contributed by atoms with Crippen LogP contribution in [-0.2, 0) is 0 Å². The quantitative estimate of drug-likeness (QED) is 0.916. The van der Waals surface area contributed by atoms with Crippen molar-refractivity contribution in [2.75, 3.05) is 25.0 Å². The molecule has 88 valence electrons. The molecule has 0 radical (unpaired) electrons. The SMILES string of the molecule is CN(c1ccnc2cc(Br)cnc12)C1CNC1. The van der Waals surface area contributed by atoms with E-state index in [0.717, 1.165) is 34.3 Å². The molecule has 1 aliphatic rings. The molecule has 2 aromatic rings. The lowest BCUT2D eigenvalue weighted by molar-refractivity contribution is 0.429. The highest BCUT2D eigenvalue weighted by atomic mass is 79.9. The third kappa shape index (κ3) is 1.89. The molecular weight excluding hydrogens is 280 g/mol. The zero-order valence-corrected chi connectivity index (χ0v) is 11.1. The van der Waals surface area contributed by atoms with E-state index in [1.165, 1.54) is 0 Å². The van der Waals surface area contributed by atoms with Gasteiger partial charge in [-0.3, -0.25) is 9.97 Å². The molecular formula is C12H13BrN4. The van der Waals surface area contributed by atoms with Crippen molar-refractivity contribution in [3.8, 4) is 0 Å². The Labute approximate surface area is 108 Å². The first-order valence-electron chi connectivity index (χ1n) is 5.59. The molecule has 0 spiro atoms. The number of halogens is 1. The summed E-state index contributed by atoms with van der Waals surface area (Å²) in [5, 5.41) is 3.28. The summed E-state index contributed by atoms with van der Waals surface area (Å²) in [6.07, 6.45) is 3.66. The fourth-order valence-electron chi connectivity index (χ4n) is 2.02. The van der Waals surface area contributed by atoms with Crippen molar-refractivity contribution in [2.24, 2.45) is 0 Å². The van der Waals surface area contributed by atoms with Crippen molar-refractivity contribution in [3.63, 3.8) is 0 Å². The Bertz CT molecular complexity index is 553. The summed E-state index contributed by atoms with van der Waals surface area (Å²) in [4.78, 5) is 11.1. The second kappa shape index (κ2) is 4.23. The van der Waals surface area contributed by atoms with Crippen LogP contribution in [0.3, 0.4) is 0 Å². The van der Waals surface area contributed by atoms with E-state index < -0.39 is 0 Å². The van der Waals surface area contributed by atoms with Gasteiger partial charge in [-0.1, -0.05) is 0 Å². The lowest BCUT2D eigenvalue weighted by Gasteiger charge is -2.37. The van der Waals surface area contributed by atoms with Crippen LogP contribution in [-0.4, -0.2) is 36.1 Å². The van der Waals surface area contributed by atoms with Crippen molar-refractivity contribution in [3.05, 3.63) is 29.0 Å². The lowest BCUT2D eigenvalue weighted by Crippen LogP contribution is -2.56. The van der Waals surface area contributed by atoms with Gasteiger partial charge in [-0.25, -0.2) is 0 Å². The van der Waals surface area contributed by atoms with Crippen LogP contribution in [0.4, 0.5) is 5.69 Å². The minimum absolute atomic E-state index is 0.561. The average Bonchev–Trinajstić information content (AvgIpc) is 2.25. The average molecular weight is 293 g/mol. The van der Waals surface area contributed by atoms with Crippen LogP contribution < -0.4 is 10.2 Å². The van der Waals surface area contributed by atoms with Gasteiger partial charge in [-0.2, -0.15) is 0 Å². The highest BCUT2D eigenvalue weighted by Crippen LogP contribution is 2.26. The summed E-state index contributed by atoms with van der Waals surface area (Å²) in [6, 6.07) is 4.59. The number of fused-ring (bicyclic) bond motifs is 1. The predicted octanol–water partition coefficient (Wildman–Crippen LogP) is 1.80. The topological polar surface area (TPSA) is 41.1 Å². The van der Waals surface area contributed by atoms with Gasteiger partial charge >= 0.3 is 0 Å². The van der Waals surface area contributed by atoms with E-state index in [1.54, 1.807) is 0 Å². The molecule has 3 rings (SSSR count). The van der Waals surface area contributed by atoms with Crippen LogP contribution >= 0.6 is 15.9 Å². The van der Waals surface area contributed by atoms with Gasteiger partial charge in [0.25, 0.3) is 0 Å². The normalized spacial score (nSPS) is 15.9. The number of pyridine rings is 2. The van der Waals surface area contributed by atoms with Gasteiger partial charge < -0.3 is 10.2 Å². The third-order valence-corrected chi connectivity index (χ3v) is 3.64. The molecule has 0 amide bonds. The number of aromatic nitrogens is 2. The molecule has 17 heavy (non-hydrogen) atoms. The van der Waals surface area contributed by atoms with Crippen molar-refractivity contribution in [1.29, 1.82) is 0 Å². The zero-order chi connectivity index (χ0) is 11.8. The van der Waals surface area contributed by atoms with Gasteiger partial charge in [0.1, 0.15) is 5.52 Å². The first-order chi connectivity index (χ1) is 8.25. The maximum atomic E-state index is 4.47. The second-order valence-electron chi connectivity index (χ2n) is 4.27. The number of nitrogens with one attached hydrogen (secondary N) is 1. The molecule has 0 aliphatic carbocycles. The standard InChI is InChI=1S/C12H13BrN4/c1-17(9-6-14-7-9)11-2-3-15-10-4-8(13)5-16-12(10)11/h2-5,9,14H,6-7H2,1H3. The summed E-state index contributed by atoms with van der Waals surface area (Å²) in [5.41, 5.74) is 3.04. The van der Waals surface area contributed by atoms with Crippen molar-refractivity contribution in [2.45, 2.75) is 6.04 Å². The van der Waals surface area contributed by atoms with Crippen molar-refractivity contribution >= 4 is 32.7 Å². The molecule has 1 saturated heterocycles. The van der Waals surface area contributed by atoms with Crippen LogP contribution in [0.5, 0.6) is 0 Å². The molecule has 1 fully saturated rings. The number of hydrogen-bond acceptors (Lipinski definition) is 4. The Morgan fingerprint density at radius 3 is 2.94 bits per heavy atom. The minimum atomic E-state index is 0.561. The van der Waals surface area contributed by atoms with Gasteiger partial charge in [-0.05, 0) is 28.1 Å². The molecule has 1 N–H and O–H groups in total. The first-order valence-corrected chi connectivity index (χ1v) is 6.39. The number of likely N-dealkylation sites (N-methyl/N-ethyl adjacent to an activating group) is 1. The van der Waals surface area contributed by atoms with E-state index in [2.05, 4.69) is 43.2 Å².